The topological polar surface area (TPSA) is 72.3 Å². The average molecular weight is 228 g/mol. The Hall–Kier alpha value is -0.720. The third kappa shape index (κ3) is 3.57. The molecule has 0 spiro atoms. The molecule has 0 radical (unpaired) electrons. The summed E-state index contributed by atoms with van der Waals surface area (Å²) < 4.78 is 0. The molecule has 14 heavy (non-hydrogen) atoms. The first kappa shape index (κ1) is 13.3. The Morgan fingerprint density at radius 1 is 1.00 bits per heavy atom. The summed E-state index contributed by atoms with van der Waals surface area (Å²) in [5.41, 5.74) is 0. The van der Waals surface area contributed by atoms with Crippen LogP contribution < -0.4 is 0 Å². The fraction of sp³-hybridized carbons (Fsp3) is 0.750. The number of nitriles is 2. The van der Waals surface area contributed by atoms with E-state index < -0.39 is 9.74 Å². The van der Waals surface area contributed by atoms with Gasteiger partial charge < -0.3 is 0 Å². The first-order chi connectivity index (χ1) is 6.45. The molecule has 0 aliphatic carbocycles. The highest BCUT2D eigenvalue weighted by molar-refractivity contribution is 7.82. The van der Waals surface area contributed by atoms with Crippen LogP contribution in [0.4, 0.5) is 0 Å². The van der Waals surface area contributed by atoms with Gasteiger partial charge in [-0.15, -0.1) is 25.3 Å². The predicted octanol–water partition coefficient (Wildman–Crippen LogP) is 2.56. The van der Waals surface area contributed by atoms with Crippen molar-refractivity contribution in [3.05, 3.63) is 0 Å². The number of nitrogens with zero attached hydrogens (tertiary/aromatic N) is 4. The summed E-state index contributed by atoms with van der Waals surface area (Å²) in [5, 5.41) is 25.0. The van der Waals surface area contributed by atoms with Crippen LogP contribution in [0.5, 0.6) is 0 Å². The van der Waals surface area contributed by atoms with Crippen LogP contribution in [0, 0.1) is 22.7 Å². The van der Waals surface area contributed by atoms with Gasteiger partial charge in [-0.05, 0) is 12.8 Å². The molecule has 0 aromatic carbocycles. The minimum absolute atomic E-state index is 0.426. The summed E-state index contributed by atoms with van der Waals surface area (Å²) in [6.07, 6.45) is 0.851. The quantitative estimate of drug-likeness (QED) is 0.573. The molecule has 0 bridgehead atoms. The maximum atomic E-state index is 8.74. The summed E-state index contributed by atoms with van der Waals surface area (Å²) in [6, 6.07) is 3.82. The zero-order valence-electron chi connectivity index (χ0n) is 8.10. The van der Waals surface area contributed by atoms with Crippen molar-refractivity contribution in [2.45, 2.75) is 36.4 Å². The first-order valence-electron chi connectivity index (χ1n) is 4.16. The molecular weight excluding hydrogens is 216 g/mol. The molecule has 0 aliphatic heterocycles. The number of azo groups is 1. The van der Waals surface area contributed by atoms with Gasteiger partial charge in [0.2, 0.25) is 9.74 Å². The van der Waals surface area contributed by atoms with Gasteiger partial charge in [0, 0.05) is 0 Å². The lowest BCUT2D eigenvalue weighted by atomic mass is 10.2. The minimum atomic E-state index is -1.15. The van der Waals surface area contributed by atoms with Gasteiger partial charge >= 0.3 is 0 Å². The fourth-order valence-corrected chi connectivity index (χ4v) is 0.599. The van der Waals surface area contributed by atoms with Crippen molar-refractivity contribution in [3.8, 4) is 12.1 Å². The van der Waals surface area contributed by atoms with E-state index >= 15 is 0 Å². The van der Waals surface area contributed by atoms with Crippen LogP contribution in [0.2, 0.25) is 0 Å². The summed E-state index contributed by atoms with van der Waals surface area (Å²) in [4.78, 5) is -2.31. The molecule has 0 amide bonds. The van der Waals surface area contributed by atoms with Crippen molar-refractivity contribution >= 4 is 25.3 Å². The zero-order valence-corrected chi connectivity index (χ0v) is 9.89. The van der Waals surface area contributed by atoms with E-state index in [1.165, 1.54) is 0 Å². The van der Waals surface area contributed by atoms with Gasteiger partial charge in [0.1, 0.15) is 12.1 Å². The Labute approximate surface area is 94.8 Å². The molecule has 0 rings (SSSR count). The molecule has 0 N–H and O–H groups in total. The zero-order chi connectivity index (χ0) is 11.2. The van der Waals surface area contributed by atoms with Crippen molar-refractivity contribution in [2.24, 2.45) is 10.2 Å². The highest BCUT2D eigenvalue weighted by atomic mass is 32.1. The minimum Gasteiger partial charge on any atom is -0.195 e. The molecule has 0 fully saturated rings. The van der Waals surface area contributed by atoms with E-state index in [2.05, 4.69) is 35.5 Å². The lowest BCUT2D eigenvalue weighted by Gasteiger charge is -2.15. The molecule has 6 heteroatoms. The molecule has 0 heterocycles. The van der Waals surface area contributed by atoms with Crippen molar-refractivity contribution in [1.29, 1.82) is 10.5 Å². The van der Waals surface area contributed by atoms with Gasteiger partial charge in [-0.3, -0.25) is 0 Å². The van der Waals surface area contributed by atoms with Gasteiger partial charge in [0.15, 0.2) is 0 Å². The highest BCUT2D eigenvalue weighted by Crippen LogP contribution is 2.26. The molecule has 4 nitrogen and oxygen atoms in total. The smallest absolute Gasteiger partial charge is 0.195 e. The van der Waals surface area contributed by atoms with Crippen LogP contribution in [0.3, 0.4) is 0 Å². The van der Waals surface area contributed by atoms with Crippen LogP contribution in [-0.2, 0) is 0 Å². The fourth-order valence-electron chi connectivity index (χ4n) is 0.510. The second kappa shape index (κ2) is 5.23. The normalized spacial score (nSPS) is 19.3. The van der Waals surface area contributed by atoms with E-state index in [-0.39, 0.29) is 0 Å². The Bertz CT molecular complexity index is 273. The van der Waals surface area contributed by atoms with Gasteiger partial charge in [-0.2, -0.15) is 20.8 Å². The van der Waals surface area contributed by atoms with Crippen molar-refractivity contribution in [2.75, 3.05) is 0 Å². The highest BCUT2D eigenvalue weighted by Gasteiger charge is 2.26. The van der Waals surface area contributed by atoms with E-state index in [4.69, 9.17) is 10.5 Å². The second-order valence-corrected chi connectivity index (χ2v) is 4.24. The summed E-state index contributed by atoms with van der Waals surface area (Å²) in [5.74, 6) is 0. The van der Waals surface area contributed by atoms with Crippen molar-refractivity contribution < 1.29 is 0 Å². The lowest BCUT2D eigenvalue weighted by molar-refractivity contribution is 0.615. The molecule has 0 saturated heterocycles. The maximum absolute atomic E-state index is 8.74. The molecule has 2 atom stereocenters. The molecular formula is C8H12N4S2. The lowest BCUT2D eigenvalue weighted by Crippen LogP contribution is -2.18. The number of hydrogen-bond acceptors (Lipinski definition) is 6. The van der Waals surface area contributed by atoms with Crippen LogP contribution in [0.25, 0.3) is 0 Å². The molecule has 2 unspecified atom stereocenters. The summed E-state index contributed by atoms with van der Waals surface area (Å²) in [7, 11) is 0. The first-order valence-corrected chi connectivity index (χ1v) is 5.06. The second-order valence-electron chi connectivity index (χ2n) is 2.76. The molecule has 0 aromatic rings. The Kier molecular flexibility index (Phi) is 4.96. The van der Waals surface area contributed by atoms with E-state index in [1.807, 2.05) is 12.1 Å². The van der Waals surface area contributed by atoms with Crippen LogP contribution in [0.1, 0.15) is 26.7 Å². The maximum Gasteiger partial charge on any atom is 0.209 e. The molecule has 0 saturated carbocycles. The number of hydrogen-bond donors (Lipinski definition) is 2. The van der Waals surface area contributed by atoms with E-state index in [0.717, 1.165) is 0 Å². The Morgan fingerprint density at radius 2 is 1.29 bits per heavy atom. The third-order valence-corrected chi connectivity index (χ3v) is 2.74. The number of rotatable bonds is 4. The molecule has 0 aliphatic rings. The summed E-state index contributed by atoms with van der Waals surface area (Å²) in [6.45, 7) is 3.54. The van der Waals surface area contributed by atoms with Crippen LogP contribution >= 0.6 is 25.3 Å². The molecule has 0 aromatic heterocycles. The van der Waals surface area contributed by atoms with Crippen molar-refractivity contribution in [1.82, 2.24) is 0 Å². The predicted molar refractivity (Wildman–Crippen MR) is 60.1 cm³/mol. The summed E-state index contributed by atoms with van der Waals surface area (Å²) >= 11 is 8.09. The van der Waals surface area contributed by atoms with Crippen LogP contribution in [0.15, 0.2) is 10.2 Å². The van der Waals surface area contributed by atoms with E-state index in [1.54, 1.807) is 13.8 Å². The molecule has 76 valence electrons. The monoisotopic (exact) mass is 228 g/mol. The van der Waals surface area contributed by atoms with Gasteiger partial charge in [-0.25, -0.2) is 0 Å². The van der Waals surface area contributed by atoms with Crippen molar-refractivity contribution in [3.63, 3.8) is 0 Å². The van der Waals surface area contributed by atoms with Crippen LogP contribution in [-0.4, -0.2) is 9.74 Å². The van der Waals surface area contributed by atoms with Gasteiger partial charge in [0.05, 0.1) is 0 Å². The Balaban J connectivity index is 4.76. The van der Waals surface area contributed by atoms with Gasteiger partial charge in [-0.1, -0.05) is 13.8 Å². The SMILES string of the molecule is CCC(S)(C#N)N=NC(S)(C#N)CC. The third-order valence-electron chi connectivity index (χ3n) is 1.72. The average Bonchev–Trinajstić information content (AvgIpc) is 2.25. The largest absolute Gasteiger partial charge is 0.209 e. The van der Waals surface area contributed by atoms with Gasteiger partial charge in [0.25, 0.3) is 0 Å². The van der Waals surface area contributed by atoms with E-state index in [0.29, 0.717) is 12.8 Å². The van der Waals surface area contributed by atoms with E-state index in [9.17, 15) is 0 Å². The standard InChI is InChI=1S/C8H12N4S2/c1-3-7(13,5-9)11-12-8(14,4-2)6-10/h13-14H,3-4H2,1-2H3. The Morgan fingerprint density at radius 3 is 1.43 bits per heavy atom. The number of thiol groups is 2.